The molecule has 4 rings (SSSR count). The number of imidazole rings is 1. The highest BCUT2D eigenvalue weighted by molar-refractivity contribution is 7.13. The molecular weight excluding hydrogens is 290 g/mol. The van der Waals surface area contributed by atoms with Crippen LogP contribution in [0.1, 0.15) is 11.3 Å². The molecule has 3 heterocycles. The molecule has 0 aliphatic rings. The minimum absolute atomic E-state index is 1.02. The van der Waals surface area contributed by atoms with Gasteiger partial charge in [-0.2, -0.15) is 0 Å². The van der Waals surface area contributed by atoms with E-state index in [1.165, 1.54) is 10.4 Å². The molecule has 0 saturated carbocycles. The minimum atomic E-state index is 1.02. The summed E-state index contributed by atoms with van der Waals surface area (Å²) in [5, 5.41) is 3.30. The van der Waals surface area contributed by atoms with Gasteiger partial charge in [-0.1, -0.05) is 6.07 Å². The molecule has 0 aliphatic heterocycles. The average molecular weight is 305 g/mol. The zero-order chi connectivity index (χ0) is 15.1. The van der Waals surface area contributed by atoms with Crippen LogP contribution in [0.5, 0.6) is 0 Å². The summed E-state index contributed by atoms with van der Waals surface area (Å²) in [5.41, 5.74) is 5.46. The lowest BCUT2D eigenvalue weighted by atomic mass is 10.1. The third-order valence-corrected chi connectivity index (χ3v) is 4.74. The van der Waals surface area contributed by atoms with Gasteiger partial charge in [0.05, 0.1) is 28.1 Å². The topological polar surface area (TPSA) is 30.7 Å². The molecule has 0 aliphatic carbocycles. The van der Waals surface area contributed by atoms with Crippen molar-refractivity contribution in [2.24, 2.45) is 0 Å². The Bertz CT molecular complexity index is 886. The van der Waals surface area contributed by atoms with Crippen LogP contribution in [0.2, 0.25) is 0 Å². The van der Waals surface area contributed by atoms with Crippen molar-refractivity contribution in [1.29, 1.82) is 0 Å². The van der Waals surface area contributed by atoms with E-state index in [4.69, 9.17) is 4.98 Å². The molecule has 0 atom stereocenters. The number of thiophene rings is 1. The highest BCUT2D eigenvalue weighted by atomic mass is 32.1. The van der Waals surface area contributed by atoms with Crippen LogP contribution in [0.3, 0.4) is 0 Å². The molecule has 0 saturated heterocycles. The lowest BCUT2D eigenvalue weighted by Gasteiger charge is -2.05. The summed E-state index contributed by atoms with van der Waals surface area (Å²) in [7, 11) is 0. The molecule has 3 nitrogen and oxygen atoms in total. The maximum Gasteiger partial charge on any atom is 0.0995 e. The molecule has 22 heavy (non-hydrogen) atoms. The van der Waals surface area contributed by atoms with E-state index < -0.39 is 0 Å². The largest absolute Gasteiger partial charge is 0.306 e. The molecule has 1 aromatic carbocycles. The lowest BCUT2D eigenvalue weighted by molar-refractivity contribution is 1.06. The number of nitrogens with zero attached hydrogens (tertiary/aromatic N) is 3. The Morgan fingerprint density at radius 3 is 2.68 bits per heavy atom. The number of aryl methyl sites for hydroxylation is 2. The molecule has 4 aromatic rings. The smallest absolute Gasteiger partial charge is 0.0995 e. The van der Waals surface area contributed by atoms with E-state index in [1.807, 2.05) is 24.0 Å². The van der Waals surface area contributed by atoms with E-state index in [9.17, 15) is 0 Å². The summed E-state index contributed by atoms with van der Waals surface area (Å²) in [6.45, 7) is 4.11. The normalized spacial score (nSPS) is 11.2. The lowest BCUT2D eigenvalue weighted by Crippen LogP contribution is -1.91. The van der Waals surface area contributed by atoms with Crippen molar-refractivity contribution in [1.82, 2.24) is 14.5 Å². The number of rotatable bonds is 2. The molecule has 4 heteroatoms. The first kappa shape index (κ1) is 13.2. The Labute approximate surface area is 132 Å². The van der Waals surface area contributed by atoms with Gasteiger partial charge in [0, 0.05) is 17.3 Å². The number of hydrogen-bond donors (Lipinski definition) is 0. The van der Waals surface area contributed by atoms with Crippen molar-refractivity contribution in [3.63, 3.8) is 0 Å². The molecule has 0 bridgehead atoms. The SMILES string of the molecule is Cc1csc(-c2ccc3cc(-n4cnc(C)c4)ccc3n2)c1. The molecule has 0 fully saturated rings. The number of pyridine rings is 1. The Hall–Kier alpha value is -2.46. The Kier molecular flexibility index (Phi) is 3.05. The third-order valence-electron chi connectivity index (χ3n) is 3.67. The zero-order valence-electron chi connectivity index (χ0n) is 12.4. The van der Waals surface area contributed by atoms with Crippen molar-refractivity contribution >= 4 is 22.2 Å². The molecule has 0 amide bonds. The summed E-state index contributed by atoms with van der Waals surface area (Å²) in [6, 6.07) is 12.7. The van der Waals surface area contributed by atoms with E-state index in [1.54, 1.807) is 11.3 Å². The number of aromatic nitrogens is 3. The van der Waals surface area contributed by atoms with Gasteiger partial charge in [-0.15, -0.1) is 11.3 Å². The molecule has 0 radical (unpaired) electrons. The maximum absolute atomic E-state index is 4.78. The Balaban J connectivity index is 1.79. The zero-order valence-corrected chi connectivity index (χ0v) is 13.3. The van der Waals surface area contributed by atoms with Gasteiger partial charge in [-0.05, 0) is 55.1 Å². The molecular formula is C18H15N3S. The van der Waals surface area contributed by atoms with E-state index in [-0.39, 0.29) is 0 Å². The fraction of sp³-hybridized carbons (Fsp3) is 0.111. The van der Waals surface area contributed by atoms with Crippen LogP contribution >= 0.6 is 11.3 Å². The predicted octanol–water partition coefficient (Wildman–Crippen LogP) is 4.77. The van der Waals surface area contributed by atoms with Crippen LogP contribution in [0.4, 0.5) is 0 Å². The van der Waals surface area contributed by atoms with Crippen molar-refractivity contribution in [2.45, 2.75) is 13.8 Å². The van der Waals surface area contributed by atoms with E-state index in [0.717, 1.165) is 28.0 Å². The fourth-order valence-electron chi connectivity index (χ4n) is 2.54. The van der Waals surface area contributed by atoms with Gasteiger partial charge in [0.25, 0.3) is 0 Å². The second-order valence-electron chi connectivity index (χ2n) is 5.48. The first-order valence-corrected chi connectivity index (χ1v) is 8.04. The monoisotopic (exact) mass is 305 g/mol. The van der Waals surface area contributed by atoms with Crippen molar-refractivity contribution in [3.05, 3.63) is 65.6 Å². The van der Waals surface area contributed by atoms with Gasteiger partial charge >= 0.3 is 0 Å². The summed E-state index contributed by atoms with van der Waals surface area (Å²) >= 11 is 1.74. The van der Waals surface area contributed by atoms with E-state index in [2.05, 4.69) is 53.7 Å². The van der Waals surface area contributed by atoms with Gasteiger partial charge in [0.2, 0.25) is 0 Å². The maximum atomic E-state index is 4.78. The molecule has 0 N–H and O–H groups in total. The first-order valence-electron chi connectivity index (χ1n) is 7.16. The molecule has 108 valence electrons. The van der Waals surface area contributed by atoms with Gasteiger partial charge in [-0.3, -0.25) is 0 Å². The molecule has 0 spiro atoms. The second-order valence-corrected chi connectivity index (χ2v) is 6.40. The summed E-state index contributed by atoms with van der Waals surface area (Å²) in [6.07, 6.45) is 3.87. The van der Waals surface area contributed by atoms with Crippen LogP contribution in [0, 0.1) is 13.8 Å². The van der Waals surface area contributed by atoms with Gasteiger partial charge in [0.1, 0.15) is 0 Å². The van der Waals surface area contributed by atoms with Crippen molar-refractivity contribution in [3.8, 4) is 16.3 Å². The number of benzene rings is 1. The van der Waals surface area contributed by atoms with Crippen LogP contribution < -0.4 is 0 Å². The van der Waals surface area contributed by atoms with Crippen molar-refractivity contribution in [2.75, 3.05) is 0 Å². The second kappa shape index (κ2) is 5.07. The van der Waals surface area contributed by atoms with E-state index in [0.29, 0.717) is 0 Å². The Morgan fingerprint density at radius 2 is 1.95 bits per heavy atom. The molecule has 3 aromatic heterocycles. The third kappa shape index (κ3) is 2.31. The van der Waals surface area contributed by atoms with Gasteiger partial charge in [-0.25, -0.2) is 9.97 Å². The van der Waals surface area contributed by atoms with E-state index >= 15 is 0 Å². The van der Waals surface area contributed by atoms with Crippen LogP contribution in [0.25, 0.3) is 27.2 Å². The average Bonchev–Trinajstić information content (AvgIpc) is 3.15. The standard InChI is InChI=1S/C18H15N3S/c1-12-7-18(22-10-12)17-5-3-14-8-15(4-6-16(14)20-17)21-9-13(2)19-11-21/h3-11H,1-2H3. The summed E-state index contributed by atoms with van der Waals surface area (Å²) in [4.78, 5) is 10.3. The fourth-order valence-corrected chi connectivity index (χ4v) is 3.41. The highest BCUT2D eigenvalue weighted by Gasteiger charge is 2.05. The van der Waals surface area contributed by atoms with Crippen molar-refractivity contribution < 1.29 is 0 Å². The summed E-state index contributed by atoms with van der Waals surface area (Å²) in [5.74, 6) is 0. The number of hydrogen-bond acceptors (Lipinski definition) is 3. The van der Waals surface area contributed by atoms with Crippen LogP contribution in [0.15, 0.2) is 54.3 Å². The first-order chi connectivity index (χ1) is 10.7. The highest BCUT2D eigenvalue weighted by Crippen LogP contribution is 2.27. The minimum Gasteiger partial charge on any atom is -0.306 e. The Morgan fingerprint density at radius 1 is 1.05 bits per heavy atom. The van der Waals surface area contributed by atoms with Gasteiger partial charge in [0.15, 0.2) is 0 Å². The quantitative estimate of drug-likeness (QED) is 0.534. The predicted molar refractivity (Wildman–Crippen MR) is 91.7 cm³/mol. The number of fused-ring (bicyclic) bond motifs is 1. The van der Waals surface area contributed by atoms with Crippen LogP contribution in [-0.4, -0.2) is 14.5 Å². The summed E-state index contributed by atoms with van der Waals surface area (Å²) < 4.78 is 2.03. The van der Waals surface area contributed by atoms with Crippen LogP contribution in [-0.2, 0) is 0 Å². The van der Waals surface area contributed by atoms with Gasteiger partial charge < -0.3 is 4.57 Å². The molecule has 0 unspecified atom stereocenters.